The van der Waals surface area contributed by atoms with Crippen molar-refractivity contribution in [2.75, 3.05) is 10.2 Å². The van der Waals surface area contributed by atoms with Gasteiger partial charge in [0.15, 0.2) is 5.11 Å². The van der Waals surface area contributed by atoms with E-state index in [1.165, 1.54) is 5.56 Å². The van der Waals surface area contributed by atoms with Crippen molar-refractivity contribution in [3.63, 3.8) is 0 Å². The number of carbonyl (C=O) groups excluding carboxylic acids is 1. The number of amides is 1. The van der Waals surface area contributed by atoms with E-state index in [0.29, 0.717) is 10.7 Å². The molecule has 0 fully saturated rings. The molecule has 0 saturated carbocycles. The third kappa shape index (κ3) is 4.15. The molecule has 3 aromatic carbocycles. The smallest absolute Gasteiger partial charge is 0.257 e. The molecule has 4 nitrogen and oxygen atoms in total. The number of benzene rings is 3. The molecule has 3 aromatic rings. The van der Waals surface area contributed by atoms with Crippen molar-refractivity contribution < 1.29 is 4.79 Å². The second-order valence-electron chi connectivity index (χ2n) is 7.20. The molecule has 0 aromatic heterocycles. The molecule has 5 heteroatoms. The molecule has 0 aliphatic carbocycles. The Labute approximate surface area is 176 Å². The quantitative estimate of drug-likeness (QED) is 0.596. The lowest BCUT2D eigenvalue weighted by Crippen LogP contribution is -2.50. The van der Waals surface area contributed by atoms with E-state index >= 15 is 0 Å². The van der Waals surface area contributed by atoms with Gasteiger partial charge in [-0.05, 0) is 61.5 Å². The third-order valence-corrected chi connectivity index (χ3v) is 5.48. The summed E-state index contributed by atoms with van der Waals surface area (Å²) in [6.45, 7) is 2.14. The van der Waals surface area contributed by atoms with Crippen LogP contribution in [0.4, 0.5) is 11.4 Å². The highest BCUT2D eigenvalue weighted by molar-refractivity contribution is 7.80. The lowest BCUT2D eigenvalue weighted by atomic mass is 9.91. The van der Waals surface area contributed by atoms with Crippen molar-refractivity contribution in [1.82, 2.24) is 5.32 Å². The summed E-state index contributed by atoms with van der Waals surface area (Å²) < 4.78 is 0. The van der Waals surface area contributed by atoms with Crippen LogP contribution < -0.4 is 15.5 Å². The normalized spacial score (nSPS) is 17.9. The van der Waals surface area contributed by atoms with Crippen molar-refractivity contribution >= 4 is 34.6 Å². The molecule has 1 aliphatic rings. The number of carbonyl (C=O) groups is 1. The van der Waals surface area contributed by atoms with Gasteiger partial charge in [-0.1, -0.05) is 54.6 Å². The zero-order chi connectivity index (χ0) is 20.2. The first kappa shape index (κ1) is 19.2. The Kier molecular flexibility index (Phi) is 5.58. The first-order valence-corrected chi connectivity index (χ1v) is 10.1. The number of anilines is 2. The zero-order valence-electron chi connectivity index (χ0n) is 16.2. The summed E-state index contributed by atoms with van der Waals surface area (Å²) >= 11 is 5.65. The summed E-state index contributed by atoms with van der Waals surface area (Å²) in [6.07, 6.45) is 0.868. The largest absolute Gasteiger partial charge is 0.378 e. The van der Waals surface area contributed by atoms with Gasteiger partial charge in [0.2, 0.25) is 0 Å². The molecular weight excluding hydrogens is 378 g/mol. The average molecular weight is 402 g/mol. The minimum absolute atomic E-state index is 0.134. The number of hydrogen-bond acceptors (Lipinski definition) is 3. The van der Waals surface area contributed by atoms with Crippen molar-refractivity contribution in [3.8, 4) is 0 Å². The Bertz CT molecular complexity index is 1010. The second kappa shape index (κ2) is 8.45. The molecule has 1 amide bonds. The Morgan fingerprint density at radius 2 is 1.55 bits per heavy atom. The summed E-state index contributed by atoms with van der Waals surface area (Å²) in [5, 5.41) is 6.96. The van der Waals surface area contributed by atoms with Crippen LogP contribution >= 0.6 is 12.2 Å². The summed E-state index contributed by atoms with van der Waals surface area (Å²) in [6, 6.07) is 27.9. The van der Waals surface area contributed by atoms with Crippen LogP contribution in [0.15, 0.2) is 84.9 Å². The summed E-state index contributed by atoms with van der Waals surface area (Å²) in [5.74, 6) is -0.190. The van der Waals surface area contributed by atoms with Crippen LogP contribution in [0.1, 0.15) is 35.3 Å². The van der Waals surface area contributed by atoms with Crippen molar-refractivity contribution in [1.29, 1.82) is 0 Å². The molecule has 0 bridgehead atoms. The molecule has 0 spiro atoms. The molecule has 29 heavy (non-hydrogen) atoms. The molecule has 2 N–H and O–H groups in total. The number of hydrogen-bond donors (Lipinski definition) is 2. The van der Waals surface area contributed by atoms with Gasteiger partial charge in [0.1, 0.15) is 0 Å². The molecule has 146 valence electrons. The minimum Gasteiger partial charge on any atom is -0.378 e. The first-order chi connectivity index (χ1) is 14.1. The zero-order valence-corrected chi connectivity index (χ0v) is 17.0. The van der Waals surface area contributed by atoms with Gasteiger partial charge < -0.3 is 10.2 Å². The van der Waals surface area contributed by atoms with Crippen LogP contribution in [0.2, 0.25) is 0 Å². The van der Waals surface area contributed by atoms with E-state index in [1.54, 1.807) is 12.1 Å². The highest BCUT2D eigenvalue weighted by atomic mass is 32.1. The van der Waals surface area contributed by atoms with Crippen LogP contribution in [0.3, 0.4) is 0 Å². The molecule has 1 heterocycles. The number of para-hydroxylation sites is 2. The predicted octanol–water partition coefficient (Wildman–Crippen LogP) is 5.15. The first-order valence-electron chi connectivity index (χ1n) is 9.73. The number of nitrogens with one attached hydrogen (secondary N) is 2. The van der Waals surface area contributed by atoms with E-state index in [2.05, 4.69) is 46.7 Å². The monoisotopic (exact) mass is 401 g/mol. The van der Waals surface area contributed by atoms with Gasteiger partial charge in [0.05, 0.1) is 6.04 Å². The topological polar surface area (TPSA) is 44.4 Å². The standard InChI is InChI=1S/C24H23N3OS/c1-17-16-21(25-19-12-6-3-7-13-19)20-14-8-9-15-22(20)27(17)24(29)26-23(28)18-10-4-2-5-11-18/h2-15,17,21,25H,16H2,1H3,(H,26,28,29)/t17-,21-/m0/s1. The van der Waals surface area contributed by atoms with Gasteiger partial charge in [0, 0.05) is 23.0 Å². The van der Waals surface area contributed by atoms with Crippen molar-refractivity contribution in [2.24, 2.45) is 0 Å². The minimum atomic E-state index is -0.190. The Morgan fingerprint density at radius 3 is 2.28 bits per heavy atom. The third-order valence-electron chi connectivity index (χ3n) is 5.18. The van der Waals surface area contributed by atoms with Gasteiger partial charge in [-0.25, -0.2) is 0 Å². The second-order valence-corrected chi connectivity index (χ2v) is 7.59. The fraction of sp³-hybridized carbons (Fsp3) is 0.167. The van der Waals surface area contributed by atoms with E-state index in [4.69, 9.17) is 12.2 Å². The van der Waals surface area contributed by atoms with E-state index in [1.807, 2.05) is 48.5 Å². The maximum Gasteiger partial charge on any atom is 0.257 e. The number of fused-ring (bicyclic) bond motifs is 1. The van der Waals surface area contributed by atoms with E-state index in [0.717, 1.165) is 17.8 Å². The van der Waals surface area contributed by atoms with Crippen LogP contribution in [-0.2, 0) is 0 Å². The number of rotatable bonds is 3. The van der Waals surface area contributed by atoms with Gasteiger partial charge >= 0.3 is 0 Å². The fourth-order valence-corrected chi connectivity index (χ4v) is 4.18. The lowest BCUT2D eigenvalue weighted by Gasteiger charge is -2.41. The van der Waals surface area contributed by atoms with Crippen molar-refractivity contribution in [2.45, 2.75) is 25.4 Å². The Morgan fingerprint density at radius 1 is 0.931 bits per heavy atom. The summed E-state index contributed by atoms with van der Waals surface area (Å²) in [7, 11) is 0. The molecule has 0 unspecified atom stereocenters. The molecule has 1 aliphatic heterocycles. The molecule has 2 atom stereocenters. The molecule has 4 rings (SSSR count). The predicted molar refractivity (Wildman–Crippen MR) is 122 cm³/mol. The SMILES string of the molecule is C[C@H]1C[C@H](Nc2ccccc2)c2ccccc2N1C(=S)NC(=O)c1ccccc1. The number of nitrogens with zero attached hydrogens (tertiary/aromatic N) is 1. The van der Waals surface area contributed by atoms with E-state index in [-0.39, 0.29) is 18.0 Å². The maximum absolute atomic E-state index is 12.6. The van der Waals surface area contributed by atoms with Crippen molar-refractivity contribution in [3.05, 3.63) is 96.1 Å². The maximum atomic E-state index is 12.6. The Balaban J connectivity index is 1.58. The lowest BCUT2D eigenvalue weighted by molar-refractivity contribution is 0.0977. The van der Waals surface area contributed by atoms with Gasteiger partial charge in [-0.3, -0.25) is 10.1 Å². The number of thiocarbonyl (C=S) groups is 1. The highest BCUT2D eigenvalue weighted by Crippen LogP contribution is 2.38. The summed E-state index contributed by atoms with van der Waals surface area (Å²) in [4.78, 5) is 14.6. The van der Waals surface area contributed by atoms with Gasteiger partial charge in [-0.2, -0.15) is 0 Å². The van der Waals surface area contributed by atoms with Gasteiger partial charge in [0.25, 0.3) is 5.91 Å². The Hall–Kier alpha value is -3.18. The van der Waals surface area contributed by atoms with Crippen LogP contribution in [0, 0.1) is 0 Å². The molecular formula is C24H23N3OS. The van der Waals surface area contributed by atoms with Crippen LogP contribution in [-0.4, -0.2) is 17.1 Å². The molecule has 0 saturated heterocycles. The highest BCUT2D eigenvalue weighted by Gasteiger charge is 2.32. The summed E-state index contributed by atoms with van der Waals surface area (Å²) in [5.41, 5.74) is 3.88. The van der Waals surface area contributed by atoms with E-state index in [9.17, 15) is 4.79 Å². The van der Waals surface area contributed by atoms with Crippen LogP contribution in [0.5, 0.6) is 0 Å². The van der Waals surface area contributed by atoms with Gasteiger partial charge in [-0.15, -0.1) is 0 Å². The van der Waals surface area contributed by atoms with Crippen LogP contribution in [0.25, 0.3) is 0 Å². The van der Waals surface area contributed by atoms with E-state index < -0.39 is 0 Å². The average Bonchev–Trinajstić information content (AvgIpc) is 2.75. The fourth-order valence-electron chi connectivity index (χ4n) is 3.81. The molecule has 0 radical (unpaired) electrons.